The van der Waals surface area contributed by atoms with Crippen LogP contribution in [0.25, 0.3) is 17.0 Å². The van der Waals surface area contributed by atoms with Gasteiger partial charge in [0.25, 0.3) is 5.91 Å². The summed E-state index contributed by atoms with van der Waals surface area (Å²) in [7, 11) is 0. The number of nitrogens with zero attached hydrogens (tertiary/aromatic N) is 4. The molecule has 3 aromatic heterocycles. The van der Waals surface area contributed by atoms with Crippen LogP contribution in [-0.4, -0.2) is 38.5 Å². The zero-order chi connectivity index (χ0) is 22.5. The van der Waals surface area contributed by atoms with Gasteiger partial charge in [-0.2, -0.15) is 18.2 Å². The summed E-state index contributed by atoms with van der Waals surface area (Å²) in [4.78, 5) is 21.3. The Kier molecular flexibility index (Phi) is 4.70. The number of rotatable bonds is 4. The van der Waals surface area contributed by atoms with E-state index in [0.717, 1.165) is 35.3 Å². The number of nitrogens with one attached hydrogen (secondary N) is 2. The summed E-state index contributed by atoms with van der Waals surface area (Å²) in [6, 6.07) is 7.45. The SMILES string of the molecule is Cc1ccc(-c2noc(C3CNC3)n2)cc1NC(=O)c1cnc2ccc(C(F)(F)F)cn12. The molecule has 1 aliphatic heterocycles. The minimum absolute atomic E-state index is 0.0183. The average molecular weight is 442 g/mol. The fraction of sp³-hybridized carbons (Fsp3) is 0.238. The quantitative estimate of drug-likeness (QED) is 0.501. The third-order valence-corrected chi connectivity index (χ3v) is 5.38. The Hall–Kier alpha value is -3.73. The van der Waals surface area contributed by atoms with Crippen molar-refractivity contribution in [1.29, 1.82) is 0 Å². The first-order chi connectivity index (χ1) is 15.3. The van der Waals surface area contributed by atoms with E-state index in [1.165, 1.54) is 12.3 Å². The van der Waals surface area contributed by atoms with Crippen molar-refractivity contribution in [3.63, 3.8) is 0 Å². The molecule has 0 atom stereocenters. The number of aryl methyl sites for hydroxylation is 1. The Labute approximate surface area is 179 Å². The topological polar surface area (TPSA) is 97.4 Å². The van der Waals surface area contributed by atoms with E-state index < -0.39 is 17.6 Å². The van der Waals surface area contributed by atoms with Crippen molar-refractivity contribution in [3.8, 4) is 11.4 Å². The predicted molar refractivity (Wildman–Crippen MR) is 108 cm³/mol. The van der Waals surface area contributed by atoms with Crippen molar-refractivity contribution in [2.45, 2.75) is 19.0 Å². The number of hydrogen-bond donors (Lipinski definition) is 2. The van der Waals surface area contributed by atoms with Crippen molar-refractivity contribution in [2.75, 3.05) is 18.4 Å². The van der Waals surface area contributed by atoms with E-state index in [1.807, 2.05) is 6.07 Å². The fourth-order valence-corrected chi connectivity index (χ4v) is 3.38. The molecule has 1 aromatic carbocycles. The fourth-order valence-electron chi connectivity index (χ4n) is 3.38. The molecule has 2 N–H and O–H groups in total. The first-order valence-electron chi connectivity index (χ1n) is 9.80. The summed E-state index contributed by atoms with van der Waals surface area (Å²) >= 11 is 0. The van der Waals surface area contributed by atoms with E-state index in [1.54, 1.807) is 19.1 Å². The Morgan fingerprint density at radius 1 is 1.25 bits per heavy atom. The molecule has 8 nitrogen and oxygen atoms in total. The highest BCUT2D eigenvalue weighted by molar-refractivity contribution is 6.04. The molecule has 0 unspecified atom stereocenters. The van der Waals surface area contributed by atoms with Gasteiger partial charge in [0.05, 0.1) is 17.7 Å². The van der Waals surface area contributed by atoms with Gasteiger partial charge in [-0.1, -0.05) is 17.3 Å². The van der Waals surface area contributed by atoms with Crippen LogP contribution in [0.1, 0.15) is 33.4 Å². The lowest BCUT2D eigenvalue weighted by molar-refractivity contribution is -0.137. The van der Waals surface area contributed by atoms with Gasteiger partial charge < -0.3 is 15.2 Å². The van der Waals surface area contributed by atoms with Crippen molar-refractivity contribution in [3.05, 3.63) is 65.4 Å². The van der Waals surface area contributed by atoms with Crippen LogP contribution in [0, 0.1) is 6.92 Å². The number of amides is 1. The predicted octanol–water partition coefficient (Wildman–Crippen LogP) is 3.65. The molecular formula is C21H17F3N6O2. The average Bonchev–Trinajstić information content (AvgIpc) is 3.34. The summed E-state index contributed by atoms with van der Waals surface area (Å²) in [6.45, 7) is 3.37. The lowest BCUT2D eigenvalue weighted by Gasteiger charge is -2.22. The molecule has 1 fully saturated rings. The van der Waals surface area contributed by atoms with Gasteiger partial charge >= 0.3 is 6.18 Å². The summed E-state index contributed by atoms with van der Waals surface area (Å²) in [5.74, 6) is 0.548. The number of carbonyl (C=O) groups excluding carboxylic acids is 1. The largest absolute Gasteiger partial charge is 0.417 e. The normalized spacial score (nSPS) is 14.5. The zero-order valence-electron chi connectivity index (χ0n) is 16.8. The number of halogens is 3. The van der Waals surface area contributed by atoms with E-state index in [4.69, 9.17) is 4.52 Å². The van der Waals surface area contributed by atoms with Gasteiger partial charge in [0, 0.05) is 30.5 Å². The van der Waals surface area contributed by atoms with Crippen molar-refractivity contribution in [2.24, 2.45) is 0 Å². The molecule has 0 aliphatic carbocycles. The van der Waals surface area contributed by atoms with Gasteiger partial charge in [0.15, 0.2) is 0 Å². The highest BCUT2D eigenvalue weighted by Crippen LogP contribution is 2.30. The molecule has 0 spiro atoms. The highest BCUT2D eigenvalue weighted by atomic mass is 19.4. The van der Waals surface area contributed by atoms with Gasteiger partial charge in [-0.3, -0.25) is 9.20 Å². The van der Waals surface area contributed by atoms with Crippen LogP contribution in [-0.2, 0) is 6.18 Å². The third-order valence-electron chi connectivity index (χ3n) is 5.38. The molecule has 1 aliphatic rings. The molecule has 4 aromatic rings. The standard InChI is InChI=1S/C21H17F3N6O2/c1-11-2-3-12(18-28-20(32-29-18)13-7-25-8-13)6-15(11)27-19(31)16-9-26-17-5-4-14(10-30(16)17)21(22,23)24/h2-6,9-10,13,25H,7-8H2,1H3,(H,27,31). The number of hydrogen-bond acceptors (Lipinski definition) is 6. The Morgan fingerprint density at radius 2 is 2.06 bits per heavy atom. The van der Waals surface area contributed by atoms with E-state index in [2.05, 4.69) is 25.8 Å². The molecule has 1 amide bonds. The number of imidazole rings is 1. The first kappa shape index (κ1) is 20.2. The second kappa shape index (κ2) is 7.45. The first-order valence-corrected chi connectivity index (χ1v) is 9.80. The minimum atomic E-state index is -4.53. The van der Waals surface area contributed by atoms with Crippen LogP contribution in [0.3, 0.4) is 0 Å². The van der Waals surface area contributed by atoms with Crippen LogP contribution >= 0.6 is 0 Å². The number of fused-ring (bicyclic) bond motifs is 1. The van der Waals surface area contributed by atoms with E-state index in [-0.39, 0.29) is 17.3 Å². The molecule has 11 heteroatoms. The highest BCUT2D eigenvalue weighted by Gasteiger charge is 2.31. The third kappa shape index (κ3) is 3.60. The van der Waals surface area contributed by atoms with E-state index in [0.29, 0.717) is 23.0 Å². The summed E-state index contributed by atoms with van der Waals surface area (Å²) in [5, 5.41) is 9.90. The van der Waals surface area contributed by atoms with Crippen molar-refractivity contribution in [1.82, 2.24) is 24.8 Å². The molecule has 4 heterocycles. The van der Waals surface area contributed by atoms with Gasteiger partial charge in [-0.05, 0) is 30.7 Å². The van der Waals surface area contributed by atoms with Crippen molar-refractivity contribution < 1.29 is 22.5 Å². The lowest BCUT2D eigenvalue weighted by Crippen LogP contribution is -2.40. The van der Waals surface area contributed by atoms with Gasteiger partial charge in [-0.25, -0.2) is 4.98 Å². The number of pyridine rings is 1. The van der Waals surface area contributed by atoms with Crippen LogP contribution in [0.2, 0.25) is 0 Å². The second-order valence-electron chi connectivity index (χ2n) is 7.58. The summed E-state index contributed by atoms with van der Waals surface area (Å²) in [5.41, 5.74) is 1.23. The zero-order valence-corrected chi connectivity index (χ0v) is 16.8. The number of carbonyl (C=O) groups is 1. The molecule has 5 rings (SSSR count). The van der Waals surface area contributed by atoms with Crippen LogP contribution in [0.4, 0.5) is 18.9 Å². The van der Waals surface area contributed by atoms with Gasteiger partial charge in [0.1, 0.15) is 11.3 Å². The Bertz CT molecular complexity index is 1320. The minimum Gasteiger partial charge on any atom is -0.339 e. The van der Waals surface area contributed by atoms with Crippen molar-refractivity contribution >= 4 is 17.2 Å². The van der Waals surface area contributed by atoms with Crippen LogP contribution < -0.4 is 10.6 Å². The maximum Gasteiger partial charge on any atom is 0.417 e. The second-order valence-corrected chi connectivity index (χ2v) is 7.58. The monoisotopic (exact) mass is 442 g/mol. The summed E-state index contributed by atoms with van der Waals surface area (Å²) in [6.07, 6.45) is -2.44. The Morgan fingerprint density at radius 3 is 2.78 bits per heavy atom. The molecular weight excluding hydrogens is 425 g/mol. The van der Waals surface area contributed by atoms with E-state index in [9.17, 15) is 18.0 Å². The maximum absolute atomic E-state index is 13.1. The molecule has 0 radical (unpaired) electrons. The molecule has 1 saturated heterocycles. The molecule has 0 saturated carbocycles. The molecule has 0 bridgehead atoms. The number of benzene rings is 1. The number of alkyl halides is 3. The number of aromatic nitrogens is 4. The summed E-state index contributed by atoms with van der Waals surface area (Å²) < 4.78 is 45.7. The molecule has 32 heavy (non-hydrogen) atoms. The van der Waals surface area contributed by atoms with Crippen LogP contribution in [0.15, 0.2) is 47.2 Å². The van der Waals surface area contributed by atoms with Crippen LogP contribution in [0.5, 0.6) is 0 Å². The number of anilines is 1. The van der Waals surface area contributed by atoms with E-state index >= 15 is 0 Å². The van der Waals surface area contributed by atoms with Gasteiger partial charge in [0.2, 0.25) is 11.7 Å². The lowest BCUT2D eigenvalue weighted by atomic mass is 10.0. The smallest absolute Gasteiger partial charge is 0.339 e. The Balaban J connectivity index is 1.43. The maximum atomic E-state index is 13.1. The van der Waals surface area contributed by atoms with Gasteiger partial charge in [-0.15, -0.1) is 0 Å². The molecule has 164 valence electrons.